The molecule has 0 amide bonds. The van der Waals surface area contributed by atoms with Gasteiger partial charge < -0.3 is 9.80 Å². The predicted molar refractivity (Wildman–Crippen MR) is 66.1 cm³/mol. The number of benzene rings is 1. The van der Waals surface area contributed by atoms with Crippen molar-refractivity contribution in [1.82, 2.24) is 4.90 Å². The van der Waals surface area contributed by atoms with Gasteiger partial charge in [-0.2, -0.15) is 0 Å². The van der Waals surface area contributed by atoms with Gasteiger partial charge in [0.2, 0.25) is 0 Å². The van der Waals surface area contributed by atoms with Crippen molar-refractivity contribution in [2.24, 2.45) is 0 Å². The minimum Gasteiger partial charge on any atom is -0.368 e. The topological polar surface area (TPSA) is 23.6 Å². The Balaban J connectivity index is 2.15. The van der Waals surface area contributed by atoms with E-state index in [4.69, 9.17) is 0 Å². The highest BCUT2D eigenvalue weighted by molar-refractivity contribution is 5.84. The molecular formula is C13H17FN2O. The lowest BCUT2D eigenvalue weighted by molar-refractivity contribution is 0.112. The average Bonchev–Trinajstić information content (AvgIpc) is 2.39. The SMILES string of the molecule is CCN1CCN(c2ccc(F)cc2C=O)CC1. The number of hydrogen-bond acceptors (Lipinski definition) is 3. The lowest BCUT2D eigenvalue weighted by Gasteiger charge is -2.36. The average molecular weight is 236 g/mol. The largest absolute Gasteiger partial charge is 0.368 e. The Morgan fingerprint density at radius 1 is 1.29 bits per heavy atom. The third kappa shape index (κ3) is 2.64. The molecule has 0 spiro atoms. The monoisotopic (exact) mass is 236 g/mol. The number of carbonyl (C=O) groups is 1. The van der Waals surface area contributed by atoms with Crippen LogP contribution >= 0.6 is 0 Å². The zero-order valence-electron chi connectivity index (χ0n) is 10.0. The lowest BCUT2D eigenvalue weighted by atomic mass is 10.1. The van der Waals surface area contributed by atoms with Gasteiger partial charge in [-0.3, -0.25) is 4.79 Å². The number of halogens is 1. The van der Waals surface area contributed by atoms with E-state index in [9.17, 15) is 9.18 Å². The van der Waals surface area contributed by atoms with E-state index in [1.807, 2.05) is 0 Å². The van der Waals surface area contributed by atoms with E-state index in [1.54, 1.807) is 6.07 Å². The van der Waals surface area contributed by atoms with Crippen LogP contribution in [0.1, 0.15) is 17.3 Å². The second-order valence-corrected chi connectivity index (χ2v) is 4.24. The molecule has 0 aromatic heterocycles. The van der Waals surface area contributed by atoms with E-state index in [0.29, 0.717) is 5.56 Å². The van der Waals surface area contributed by atoms with Crippen LogP contribution in [0, 0.1) is 5.82 Å². The molecule has 3 nitrogen and oxygen atoms in total. The van der Waals surface area contributed by atoms with Gasteiger partial charge >= 0.3 is 0 Å². The number of rotatable bonds is 3. The van der Waals surface area contributed by atoms with Crippen molar-refractivity contribution in [1.29, 1.82) is 0 Å². The molecule has 92 valence electrons. The molecule has 4 heteroatoms. The third-order valence-corrected chi connectivity index (χ3v) is 3.28. The molecule has 0 saturated carbocycles. The van der Waals surface area contributed by atoms with Crippen molar-refractivity contribution in [2.45, 2.75) is 6.92 Å². The minimum absolute atomic E-state index is 0.358. The smallest absolute Gasteiger partial charge is 0.152 e. The molecule has 0 radical (unpaired) electrons. The number of aldehydes is 1. The van der Waals surface area contributed by atoms with Crippen molar-refractivity contribution in [3.63, 3.8) is 0 Å². The molecule has 0 aliphatic carbocycles. The molecule has 1 aliphatic rings. The summed E-state index contributed by atoms with van der Waals surface area (Å²) in [6.07, 6.45) is 0.727. The van der Waals surface area contributed by atoms with E-state index >= 15 is 0 Å². The highest BCUT2D eigenvalue weighted by Gasteiger charge is 2.18. The van der Waals surface area contributed by atoms with Gasteiger partial charge in [-0.15, -0.1) is 0 Å². The standard InChI is InChI=1S/C13H17FN2O/c1-2-15-5-7-16(8-6-15)13-4-3-12(14)9-11(13)10-17/h3-4,9-10H,2,5-8H2,1H3. The van der Waals surface area contributed by atoms with E-state index in [-0.39, 0.29) is 5.82 Å². The summed E-state index contributed by atoms with van der Waals surface area (Å²) in [4.78, 5) is 15.4. The Bertz CT molecular complexity index is 400. The van der Waals surface area contributed by atoms with Crippen molar-refractivity contribution in [3.05, 3.63) is 29.6 Å². The van der Waals surface area contributed by atoms with E-state index in [1.165, 1.54) is 12.1 Å². The molecule has 0 unspecified atom stereocenters. The van der Waals surface area contributed by atoms with E-state index in [0.717, 1.165) is 44.7 Å². The maximum absolute atomic E-state index is 13.0. The summed E-state index contributed by atoms with van der Waals surface area (Å²) in [6, 6.07) is 4.41. The van der Waals surface area contributed by atoms with Crippen LogP contribution in [0.15, 0.2) is 18.2 Å². The molecule has 1 saturated heterocycles. The van der Waals surface area contributed by atoms with Crippen LogP contribution in [0.25, 0.3) is 0 Å². The van der Waals surface area contributed by atoms with Crippen molar-refractivity contribution >= 4 is 12.0 Å². The Hall–Kier alpha value is -1.42. The fourth-order valence-electron chi connectivity index (χ4n) is 2.21. The van der Waals surface area contributed by atoms with Crippen LogP contribution in [0.5, 0.6) is 0 Å². The Morgan fingerprint density at radius 2 is 2.00 bits per heavy atom. The zero-order chi connectivity index (χ0) is 12.3. The quantitative estimate of drug-likeness (QED) is 0.747. The molecule has 1 aliphatic heterocycles. The number of carbonyl (C=O) groups excluding carboxylic acids is 1. The number of anilines is 1. The van der Waals surface area contributed by atoms with Crippen LogP contribution in [-0.4, -0.2) is 43.9 Å². The Kier molecular flexibility index (Phi) is 3.74. The Morgan fingerprint density at radius 3 is 2.59 bits per heavy atom. The Labute approximate surface area is 101 Å². The van der Waals surface area contributed by atoms with Gasteiger partial charge in [0.25, 0.3) is 0 Å². The van der Waals surface area contributed by atoms with Gasteiger partial charge in [0.1, 0.15) is 5.82 Å². The molecule has 2 rings (SSSR count). The zero-order valence-corrected chi connectivity index (χ0v) is 10.0. The van der Waals surface area contributed by atoms with Crippen LogP contribution in [0.4, 0.5) is 10.1 Å². The normalized spacial score (nSPS) is 17.2. The molecule has 0 atom stereocenters. The summed E-state index contributed by atoms with van der Waals surface area (Å²) < 4.78 is 13.0. The van der Waals surface area contributed by atoms with Crippen LogP contribution in [0.3, 0.4) is 0 Å². The maximum atomic E-state index is 13.0. The molecule has 1 fully saturated rings. The van der Waals surface area contributed by atoms with Gasteiger partial charge in [-0.05, 0) is 24.7 Å². The summed E-state index contributed by atoms with van der Waals surface area (Å²) in [5.74, 6) is -0.358. The van der Waals surface area contributed by atoms with Gasteiger partial charge in [0, 0.05) is 37.4 Å². The minimum atomic E-state index is -0.358. The molecule has 17 heavy (non-hydrogen) atoms. The van der Waals surface area contributed by atoms with Gasteiger partial charge in [-0.25, -0.2) is 4.39 Å². The number of likely N-dealkylation sites (N-methyl/N-ethyl adjacent to an activating group) is 1. The summed E-state index contributed by atoms with van der Waals surface area (Å²) in [7, 11) is 0. The number of hydrogen-bond donors (Lipinski definition) is 0. The second-order valence-electron chi connectivity index (χ2n) is 4.24. The molecule has 1 aromatic carbocycles. The summed E-state index contributed by atoms with van der Waals surface area (Å²) in [5.41, 5.74) is 1.28. The molecule has 1 aromatic rings. The van der Waals surface area contributed by atoms with Crippen molar-refractivity contribution in [2.75, 3.05) is 37.6 Å². The predicted octanol–water partition coefficient (Wildman–Crippen LogP) is 1.78. The van der Waals surface area contributed by atoms with Crippen molar-refractivity contribution < 1.29 is 9.18 Å². The highest BCUT2D eigenvalue weighted by atomic mass is 19.1. The van der Waals surface area contributed by atoms with Crippen molar-refractivity contribution in [3.8, 4) is 0 Å². The fraction of sp³-hybridized carbons (Fsp3) is 0.462. The maximum Gasteiger partial charge on any atom is 0.152 e. The van der Waals surface area contributed by atoms with Gasteiger partial charge in [0.05, 0.1) is 0 Å². The second kappa shape index (κ2) is 5.27. The fourth-order valence-corrected chi connectivity index (χ4v) is 2.21. The first-order chi connectivity index (χ1) is 8.24. The first-order valence-electron chi connectivity index (χ1n) is 5.96. The molecule has 1 heterocycles. The van der Waals surface area contributed by atoms with Crippen LogP contribution in [-0.2, 0) is 0 Å². The molecule has 0 bridgehead atoms. The van der Waals surface area contributed by atoms with Crippen LogP contribution < -0.4 is 4.90 Å². The highest BCUT2D eigenvalue weighted by Crippen LogP contribution is 2.21. The third-order valence-electron chi connectivity index (χ3n) is 3.28. The molecular weight excluding hydrogens is 219 g/mol. The number of piperazine rings is 1. The lowest BCUT2D eigenvalue weighted by Crippen LogP contribution is -2.46. The molecule has 0 N–H and O–H groups in total. The van der Waals surface area contributed by atoms with Gasteiger partial charge in [0.15, 0.2) is 6.29 Å². The van der Waals surface area contributed by atoms with E-state index < -0.39 is 0 Å². The summed E-state index contributed by atoms with van der Waals surface area (Å²) in [5, 5.41) is 0. The number of nitrogens with zero attached hydrogens (tertiary/aromatic N) is 2. The van der Waals surface area contributed by atoms with Gasteiger partial charge in [-0.1, -0.05) is 6.92 Å². The first-order valence-corrected chi connectivity index (χ1v) is 5.96. The summed E-state index contributed by atoms with van der Waals surface area (Å²) in [6.45, 7) is 6.96. The van der Waals surface area contributed by atoms with E-state index in [2.05, 4.69) is 16.7 Å². The summed E-state index contributed by atoms with van der Waals surface area (Å²) >= 11 is 0. The first kappa shape index (κ1) is 12.0. The van der Waals surface area contributed by atoms with Crippen LogP contribution in [0.2, 0.25) is 0 Å².